The van der Waals surface area contributed by atoms with Crippen LogP contribution >= 0.6 is 0 Å². The van der Waals surface area contributed by atoms with E-state index in [2.05, 4.69) is 51.6 Å². The molecule has 37 heavy (non-hydrogen) atoms. The summed E-state index contributed by atoms with van der Waals surface area (Å²) in [7, 11) is 1.37. The number of hydrogen-bond donors (Lipinski definition) is 1. The second-order valence-electron chi connectivity index (χ2n) is 9.71. The molecule has 0 saturated carbocycles. The molecule has 1 amide bonds. The van der Waals surface area contributed by atoms with E-state index in [1.54, 1.807) is 24.3 Å². The molecule has 0 aliphatic carbocycles. The first-order valence-corrected chi connectivity index (χ1v) is 12.7. The molecule has 1 aromatic heterocycles. The number of likely N-dealkylation sites (tertiary alicyclic amines) is 1. The van der Waals surface area contributed by atoms with Crippen molar-refractivity contribution in [3.63, 3.8) is 0 Å². The Morgan fingerprint density at radius 3 is 2.70 bits per heavy atom. The molecule has 188 valence electrons. The number of hydrogen-bond acceptors (Lipinski definition) is 5. The Morgan fingerprint density at radius 1 is 1.03 bits per heavy atom. The number of fused-ring (bicyclic) bond motifs is 1. The lowest BCUT2D eigenvalue weighted by Gasteiger charge is -2.17. The third-order valence-corrected chi connectivity index (χ3v) is 7.03. The van der Waals surface area contributed by atoms with Gasteiger partial charge in [0.1, 0.15) is 0 Å². The topological polar surface area (TPSA) is 71.5 Å². The fourth-order valence-electron chi connectivity index (χ4n) is 5.12. The minimum atomic E-state index is -0.301. The number of methoxy groups -OCH3 is 1. The maximum atomic E-state index is 12.8. The Labute approximate surface area is 217 Å². The van der Waals surface area contributed by atoms with Gasteiger partial charge in [-0.3, -0.25) is 19.5 Å². The predicted molar refractivity (Wildman–Crippen MR) is 145 cm³/mol. The molecule has 4 aromatic rings. The number of carbonyl (C=O) groups is 2. The Hall–Kier alpha value is -4.03. The summed E-state index contributed by atoms with van der Waals surface area (Å²) in [5.41, 5.74) is 4.72. The molecule has 1 N–H and O–H groups in total. The van der Waals surface area contributed by atoms with Gasteiger partial charge in [0.25, 0.3) is 5.91 Å². The molecule has 6 heteroatoms. The molecule has 3 aromatic carbocycles. The van der Waals surface area contributed by atoms with E-state index in [1.807, 2.05) is 24.5 Å². The normalized spacial score (nSPS) is 15.5. The second kappa shape index (κ2) is 11.4. The maximum absolute atomic E-state index is 12.8. The number of pyridine rings is 1. The zero-order valence-corrected chi connectivity index (χ0v) is 21.0. The number of nitrogens with one attached hydrogen (secondary N) is 1. The average molecular weight is 494 g/mol. The smallest absolute Gasteiger partial charge is 0.309 e. The first kappa shape index (κ1) is 24.7. The molecule has 2 heterocycles. The van der Waals surface area contributed by atoms with E-state index in [-0.39, 0.29) is 18.3 Å². The van der Waals surface area contributed by atoms with Crippen molar-refractivity contribution in [2.45, 2.75) is 25.8 Å². The maximum Gasteiger partial charge on any atom is 0.309 e. The number of ether oxygens (including phenoxy) is 1. The van der Waals surface area contributed by atoms with E-state index in [0.717, 1.165) is 37.3 Å². The minimum absolute atomic E-state index is 0.173. The molecule has 1 unspecified atom stereocenters. The zero-order valence-electron chi connectivity index (χ0n) is 21.0. The van der Waals surface area contributed by atoms with Gasteiger partial charge < -0.3 is 10.1 Å². The molecule has 6 nitrogen and oxygen atoms in total. The number of benzene rings is 3. The van der Waals surface area contributed by atoms with Gasteiger partial charge in [0, 0.05) is 42.1 Å². The monoisotopic (exact) mass is 493 g/mol. The van der Waals surface area contributed by atoms with Crippen molar-refractivity contribution in [1.82, 2.24) is 9.88 Å². The quantitative estimate of drug-likeness (QED) is 0.339. The van der Waals surface area contributed by atoms with Crippen LogP contribution < -0.4 is 5.32 Å². The number of aromatic nitrogens is 1. The van der Waals surface area contributed by atoms with Crippen LogP contribution in [0.4, 0.5) is 5.69 Å². The van der Waals surface area contributed by atoms with Crippen molar-refractivity contribution in [3.05, 3.63) is 107 Å². The van der Waals surface area contributed by atoms with Gasteiger partial charge in [-0.15, -0.1) is 0 Å². The van der Waals surface area contributed by atoms with Crippen molar-refractivity contribution in [1.29, 1.82) is 0 Å². The van der Waals surface area contributed by atoms with Crippen molar-refractivity contribution < 1.29 is 14.3 Å². The van der Waals surface area contributed by atoms with E-state index in [4.69, 9.17) is 4.74 Å². The van der Waals surface area contributed by atoms with Gasteiger partial charge >= 0.3 is 5.97 Å². The van der Waals surface area contributed by atoms with Crippen molar-refractivity contribution in [2.75, 3.05) is 25.5 Å². The minimum Gasteiger partial charge on any atom is -0.469 e. The Kier molecular flexibility index (Phi) is 7.57. The summed E-state index contributed by atoms with van der Waals surface area (Å²) in [6.45, 7) is 3.00. The molecular weight excluding hydrogens is 462 g/mol. The highest BCUT2D eigenvalue weighted by Crippen LogP contribution is 2.27. The van der Waals surface area contributed by atoms with Gasteiger partial charge in [0.2, 0.25) is 0 Å². The first-order chi connectivity index (χ1) is 18.1. The van der Waals surface area contributed by atoms with E-state index in [1.165, 1.54) is 35.4 Å². The van der Waals surface area contributed by atoms with Crippen LogP contribution in [0.15, 0.2) is 85.2 Å². The first-order valence-electron chi connectivity index (χ1n) is 12.7. The number of esters is 1. The van der Waals surface area contributed by atoms with Gasteiger partial charge in [0.05, 0.1) is 13.5 Å². The summed E-state index contributed by atoms with van der Waals surface area (Å²) >= 11 is 0. The summed E-state index contributed by atoms with van der Waals surface area (Å²) in [6.07, 6.45) is 6.26. The van der Waals surface area contributed by atoms with Crippen LogP contribution in [0.2, 0.25) is 0 Å². The van der Waals surface area contributed by atoms with Gasteiger partial charge in [-0.1, -0.05) is 42.5 Å². The largest absolute Gasteiger partial charge is 0.469 e. The lowest BCUT2D eigenvalue weighted by Crippen LogP contribution is -2.21. The highest BCUT2D eigenvalue weighted by molar-refractivity contribution is 6.04. The molecule has 1 aliphatic rings. The van der Waals surface area contributed by atoms with Crippen LogP contribution in [-0.4, -0.2) is 42.0 Å². The number of amides is 1. The standard InChI is InChI=1S/C31H31N3O3/c1-37-30(35)18-22-8-10-25(11-9-22)31(36)33-28-7-2-4-23(17-28)20-34-15-13-24(21-34)16-26-5-3-6-27-19-32-14-12-29(26)27/h2-12,14,17,19,24H,13,15-16,18,20-21H2,1H3,(H,33,36). The summed E-state index contributed by atoms with van der Waals surface area (Å²) in [4.78, 5) is 30.9. The number of carbonyl (C=O) groups excluding carboxylic acids is 2. The Morgan fingerprint density at radius 2 is 1.86 bits per heavy atom. The molecule has 1 aliphatic heterocycles. The van der Waals surface area contributed by atoms with E-state index < -0.39 is 0 Å². The molecular formula is C31H31N3O3. The van der Waals surface area contributed by atoms with E-state index in [9.17, 15) is 9.59 Å². The zero-order chi connectivity index (χ0) is 25.6. The molecule has 5 rings (SSSR count). The number of rotatable bonds is 8. The van der Waals surface area contributed by atoms with Crippen LogP contribution in [0.25, 0.3) is 10.8 Å². The van der Waals surface area contributed by atoms with Crippen LogP contribution in [0.3, 0.4) is 0 Å². The Balaban J connectivity index is 1.16. The second-order valence-corrected chi connectivity index (χ2v) is 9.71. The molecule has 0 bridgehead atoms. The van der Waals surface area contributed by atoms with Gasteiger partial charge in [0.15, 0.2) is 0 Å². The van der Waals surface area contributed by atoms with Gasteiger partial charge in [-0.2, -0.15) is 0 Å². The summed E-state index contributed by atoms with van der Waals surface area (Å²) < 4.78 is 4.69. The molecule has 0 spiro atoms. The average Bonchev–Trinajstić information content (AvgIpc) is 3.36. The Bertz CT molecular complexity index is 1400. The molecule has 1 atom stereocenters. The highest BCUT2D eigenvalue weighted by atomic mass is 16.5. The fraction of sp³-hybridized carbons (Fsp3) is 0.258. The summed E-state index contributed by atoms with van der Waals surface area (Å²) in [6, 6.07) is 23.7. The van der Waals surface area contributed by atoms with Crippen LogP contribution in [-0.2, 0) is 28.9 Å². The van der Waals surface area contributed by atoms with E-state index in [0.29, 0.717) is 11.5 Å². The van der Waals surface area contributed by atoms with Crippen molar-refractivity contribution in [3.8, 4) is 0 Å². The van der Waals surface area contributed by atoms with Crippen LogP contribution in [0, 0.1) is 5.92 Å². The van der Waals surface area contributed by atoms with Crippen LogP contribution in [0.1, 0.15) is 33.5 Å². The SMILES string of the molecule is COC(=O)Cc1ccc(C(=O)Nc2cccc(CN3CCC(Cc4cccc5cnccc45)C3)c2)cc1. The predicted octanol–water partition coefficient (Wildman–Crippen LogP) is 5.27. The van der Waals surface area contributed by atoms with Crippen molar-refractivity contribution in [2.24, 2.45) is 5.92 Å². The molecule has 1 saturated heterocycles. The number of nitrogens with zero attached hydrogens (tertiary/aromatic N) is 2. The molecule has 1 fully saturated rings. The van der Waals surface area contributed by atoms with Crippen LogP contribution in [0.5, 0.6) is 0 Å². The molecule has 0 radical (unpaired) electrons. The third kappa shape index (κ3) is 6.22. The van der Waals surface area contributed by atoms with Gasteiger partial charge in [-0.05, 0) is 77.7 Å². The van der Waals surface area contributed by atoms with E-state index >= 15 is 0 Å². The van der Waals surface area contributed by atoms with Gasteiger partial charge in [-0.25, -0.2) is 0 Å². The highest BCUT2D eigenvalue weighted by Gasteiger charge is 2.23. The third-order valence-electron chi connectivity index (χ3n) is 7.03. The van der Waals surface area contributed by atoms with Crippen molar-refractivity contribution >= 4 is 28.3 Å². The number of anilines is 1. The fourth-order valence-corrected chi connectivity index (χ4v) is 5.12. The summed E-state index contributed by atoms with van der Waals surface area (Å²) in [5, 5.41) is 5.50. The summed E-state index contributed by atoms with van der Waals surface area (Å²) in [5.74, 6) is 0.154. The lowest BCUT2D eigenvalue weighted by molar-refractivity contribution is -0.139. The lowest BCUT2D eigenvalue weighted by atomic mass is 9.95.